The Morgan fingerprint density at radius 1 is 1.16 bits per heavy atom. The normalized spacial score (nSPS) is 14.8. The fraction of sp³-hybridized carbons (Fsp3) is 0.190. The molecule has 1 heterocycles. The van der Waals surface area contributed by atoms with Crippen LogP contribution < -0.4 is 14.8 Å². The Morgan fingerprint density at radius 3 is 2.58 bits per heavy atom. The molecule has 2 aromatic carbocycles. The summed E-state index contributed by atoms with van der Waals surface area (Å²) < 4.78 is 10.6. The van der Waals surface area contributed by atoms with Gasteiger partial charge in [-0.1, -0.05) is 23.2 Å². The molecule has 0 saturated carbocycles. The van der Waals surface area contributed by atoms with E-state index in [2.05, 4.69) is 5.32 Å². The topological polar surface area (TPSA) is 84.9 Å². The van der Waals surface area contributed by atoms with Gasteiger partial charge < -0.3 is 14.8 Å². The Kier molecular flexibility index (Phi) is 7.48. The minimum absolute atomic E-state index is 0.175. The highest BCUT2D eigenvalue weighted by atomic mass is 35.5. The van der Waals surface area contributed by atoms with Gasteiger partial charge in [-0.05, 0) is 61.2 Å². The number of anilines is 1. The maximum atomic E-state index is 12.7. The van der Waals surface area contributed by atoms with Gasteiger partial charge in [0, 0.05) is 16.3 Å². The van der Waals surface area contributed by atoms with Gasteiger partial charge >= 0.3 is 0 Å². The molecule has 0 aliphatic carbocycles. The molecule has 2 aromatic rings. The quantitative estimate of drug-likeness (QED) is 0.556. The van der Waals surface area contributed by atoms with E-state index in [-0.39, 0.29) is 4.91 Å². The van der Waals surface area contributed by atoms with Gasteiger partial charge in [0.1, 0.15) is 18.0 Å². The van der Waals surface area contributed by atoms with Gasteiger partial charge in [0.15, 0.2) is 0 Å². The molecule has 1 saturated heterocycles. The highest BCUT2D eigenvalue weighted by Crippen LogP contribution is 2.35. The summed E-state index contributed by atoms with van der Waals surface area (Å²) >= 11 is 12.8. The third-order valence-electron chi connectivity index (χ3n) is 4.17. The van der Waals surface area contributed by atoms with Crippen molar-refractivity contribution >= 4 is 63.8 Å². The number of carbonyl (C=O) groups excluding carboxylic acids is 3. The highest BCUT2D eigenvalue weighted by Gasteiger charge is 2.36. The van der Waals surface area contributed by atoms with Crippen LogP contribution in [0.1, 0.15) is 12.5 Å². The second kappa shape index (κ2) is 10.1. The molecule has 31 heavy (non-hydrogen) atoms. The molecule has 0 radical (unpaired) electrons. The summed E-state index contributed by atoms with van der Waals surface area (Å²) in [5, 5.41) is 2.85. The summed E-state index contributed by atoms with van der Waals surface area (Å²) in [4.78, 5) is 38.5. The van der Waals surface area contributed by atoms with Crippen molar-refractivity contribution in [1.82, 2.24) is 4.90 Å². The zero-order valence-electron chi connectivity index (χ0n) is 16.6. The zero-order valence-corrected chi connectivity index (χ0v) is 18.9. The number of hydrogen-bond donors (Lipinski definition) is 1. The molecule has 0 atom stereocenters. The summed E-state index contributed by atoms with van der Waals surface area (Å²) in [7, 11) is 1.48. The largest absolute Gasteiger partial charge is 0.495 e. The van der Waals surface area contributed by atoms with Crippen LogP contribution in [0.2, 0.25) is 10.0 Å². The molecule has 1 N–H and O–H groups in total. The van der Waals surface area contributed by atoms with E-state index in [1.165, 1.54) is 19.3 Å². The van der Waals surface area contributed by atoms with E-state index >= 15 is 0 Å². The van der Waals surface area contributed by atoms with Crippen molar-refractivity contribution in [1.29, 1.82) is 0 Å². The molecular weight excluding hydrogens is 463 g/mol. The molecule has 1 fully saturated rings. The van der Waals surface area contributed by atoms with Crippen LogP contribution in [0.25, 0.3) is 6.08 Å². The molecule has 1 aliphatic heterocycles. The minimum atomic E-state index is -0.569. The average molecular weight is 481 g/mol. The van der Waals surface area contributed by atoms with E-state index in [1.807, 2.05) is 6.92 Å². The van der Waals surface area contributed by atoms with Gasteiger partial charge in [0.2, 0.25) is 5.91 Å². The molecule has 162 valence electrons. The Bertz CT molecular complexity index is 1070. The van der Waals surface area contributed by atoms with Crippen molar-refractivity contribution in [3.8, 4) is 11.5 Å². The number of nitrogens with zero attached hydrogens (tertiary/aromatic N) is 1. The predicted molar refractivity (Wildman–Crippen MR) is 122 cm³/mol. The number of halogens is 2. The minimum Gasteiger partial charge on any atom is -0.495 e. The fourth-order valence-corrected chi connectivity index (χ4v) is 4.05. The molecule has 1 aliphatic rings. The standard InChI is InChI=1S/C21H18Cl2N2O5S/c1-3-30-16-6-4-13(22)8-12(16)9-18-20(27)25(21(28)31-18)11-19(26)24-14-5-7-17(29-2)15(23)10-14/h4-10H,3,11H2,1-2H3,(H,24,26). The van der Waals surface area contributed by atoms with Crippen LogP contribution in [0.15, 0.2) is 41.3 Å². The lowest BCUT2D eigenvalue weighted by molar-refractivity contribution is -0.127. The van der Waals surface area contributed by atoms with E-state index < -0.39 is 23.6 Å². The second-order valence-corrected chi connectivity index (χ2v) is 8.12. The molecule has 0 unspecified atom stereocenters. The van der Waals surface area contributed by atoms with Crippen molar-refractivity contribution in [3.05, 3.63) is 56.9 Å². The number of ether oxygens (including phenoxy) is 2. The number of hydrogen-bond acceptors (Lipinski definition) is 6. The summed E-state index contributed by atoms with van der Waals surface area (Å²) in [6, 6.07) is 9.72. The lowest BCUT2D eigenvalue weighted by Gasteiger charge is -2.13. The monoisotopic (exact) mass is 480 g/mol. The Morgan fingerprint density at radius 2 is 1.90 bits per heavy atom. The van der Waals surface area contributed by atoms with E-state index in [9.17, 15) is 14.4 Å². The maximum absolute atomic E-state index is 12.7. The van der Waals surface area contributed by atoms with Gasteiger partial charge in [-0.3, -0.25) is 19.3 Å². The second-order valence-electron chi connectivity index (χ2n) is 6.28. The van der Waals surface area contributed by atoms with Crippen molar-refractivity contribution < 1.29 is 23.9 Å². The van der Waals surface area contributed by atoms with Gasteiger partial charge in [-0.25, -0.2) is 0 Å². The molecule has 10 heteroatoms. The maximum Gasteiger partial charge on any atom is 0.294 e. The molecular formula is C21H18Cl2N2O5S. The first kappa shape index (κ1) is 23.0. The van der Waals surface area contributed by atoms with Crippen molar-refractivity contribution in [2.24, 2.45) is 0 Å². The van der Waals surface area contributed by atoms with Gasteiger partial charge in [0.05, 0.1) is 23.6 Å². The molecule has 7 nitrogen and oxygen atoms in total. The fourth-order valence-electron chi connectivity index (χ4n) is 2.78. The Labute approximate surface area is 193 Å². The average Bonchev–Trinajstić information content (AvgIpc) is 2.97. The van der Waals surface area contributed by atoms with Gasteiger partial charge in [-0.2, -0.15) is 0 Å². The van der Waals surface area contributed by atoms with Crippen LogP contribution in [0.5, 0.6) is 11.5 Å². The number of carbonyl (C=O) groups is 3. The zero-order chi connectivity index (χ0) is 22.5. The van der Waals surface area contributed by atoms with Crippen LogP contribution >= 0.6 is 35.0 Å². The highest BCUT2D eigenvalue weighted by molar-refractivity contribution is 8.18. The number of imide groups is 1. The third kappa shape index (κ3) is 5.52. The molecule has 0 bridgehead atoms. The van der Waals surface area contributed by atoms with E-state index in [0.29, 0.717) is 39.4 Å². The third-order valence-corrected chi connectivity index (χ3v) is 5.61. The van der Waals surface area contributed by atoms with Crippen molar-refractivity contribution in [3.63, 3.8) is 0 Å². The first-order valence-electron chi connectivity index (χ1n) is 9.13. The van der Waals surface area contributed by atoms with Crippen LogP contribution in [0.4, 0.5) is 10.5 Å². The summed E-state index contributed by atoms with van der Waals surface area (Å²) in [6.45, 7) is 1.83. The number of methoxy groups -OCH3 is 1. The summed E-state index contributed by atoms with van der Waals surface area (Å²) in [6.07, 6.45) is 1.53. The number of rotatable bonds is 7. The molecule has 0 aromatic heterocycles. The van der Waals surface area contributed by atoms with Crippen LogP contribution in [-0.2, 0) is 9.59 Å². The lowest BCUT2D eigenvalue weighted by Crippen LogP contribution is -2.36. The number of thioether (sulfide) groups is 1. The van der Waals surface area contributed by atoms with Gasteiger partial charge in [-0.15, -0.1) is 0 Å². The van der Waals surface area contributed by atoms with Crippen LogP contribution in [0, 0.1) is 0 Å². The van der Waals surface area contributed by atoms with Crippen LogP contribution in [0.3, 0.4) is 0 Å². The lowest BCUT2D eigenvalue weighted by atomic mass is 10.2. The predicted octanol–water partition coefficient (Wildman–Crippen LogP) is 5.08. The first-order valence-corrected chi connectivity index (χ1v) is 10.7. The smallest absolute Gasteiger partial charge is 0.294 e. The molecule has 0 spiro atoms. The number of benzene rings is 2. The van der Waals surface area contributed by atoms with Crippen molar-refractivity contribution in [2.45, 2.75) is 6.92 Å². The Balaban J connectivity index is 1.73. The molecule has 3 rings (SSSR count). The first-order chi connectivity index (χ1) is 14.8. The van der Waals surface area contributed by atoms with Crippen molar-refractivity contribution in [2.75, 3.05) is 25.6 Å². The van der Waals surface area contributed by atoms with E-state index in [4.69, 9.17) is 32.7 Å². The van der Waals surface area contributed by atoms with Gasteiger partial charge in [0.25, 0.3) is 11.1 Å². The number of amides is 3. The molecule has 3 amide bonds. The van der Waals surface area contributed by atoms with E-state index in [1.54, 1.807) is 30.3 Å². The summed E-state index contributed by atoms with van der Waals surface area (Å²) in [5.41, 5.74) is 0.982. The summed E-state index contributed by atoms with van der Waals surface area (Å²) in [5.74, 6) is -0.112. The SMILES string of the molecule is CCOc1ccc(Cl)cc1C=C1SC(=O)N(CC(=O)Nc2ccc(OC)c(Cl)c2)C1=O. The Hall–Kier alpha value is -2.68. The number of nitrogens with one attached hydrogen (secondary N) is 1. The van der Waals surface area contributed by atoms with E-state index in [0.717, 1.165) is 16.7 Å². The van der Waals surface area contributed by atoms with Crippen LogP contribution in [-0.4, -0.2) is 42.2 Å².